The topological polar surface area (TPSA) is 55.4 Å². The van der Waals surface area contributed by atoms with E-state index in [1.54, 1.807) is 6.07 Å². The Morgan fingerprint density at radius 1 is 1.33 bits per heavy atom. The summed E-state index contributed by atoms with van der Waals surface area (Å²) in [4.78, 5) is 24.2. The van der Waals surface area contributed by atoms with Gasteiger partial charge in [0.25, 0.3) is 5.91 Å². The number of carbonyl (C=O) groups excluding carboxylic acids is 2. The molecule has 1 heterocycles. The van der Waals surface area contributed by atoms with Gasteiger partial charge in [-0.1, -0.05) is 0 Å². The van der Waals surface area contributed by atoms with Crippen LogP contribution in [0.1, 0.15) is 25.6 Å². The van der Waals surface area contributed by atoms with Crippen molar-refractivity contribution in [3.8, 4) is 0 Å². The number of aryl methyl sites for hydroxylation is 1. The van der Waals surface area contributed by atoms with Crippen molar-refractivity contribution >= 4 is 44.8 Å². The van der Waals surface area contributed by atoms with Crippen molar-refractivity contribution in [1.82, 2.24) is 0 Å². The van der Waals surface area contributed by atoms with Crippen LogP contribution < -0.4 is 5.32 Å². The van der Waals surface area contributed by atoms with Gasteiger partial charge in [-0.15, -0.1) is 11.3 Å². The van der Waals surface area contributed by atoms with E-state index >= 15 is 0 Å². The second-order valence-corrected chi connectivity index (χ2v) is 6.57. The van der Waals surface area contributed by atoms with Gasteiger partial charge in [-0.05, 0) is 52.7 Å². The first-order valence-electron chi connectivity index (χ1n) is 5.87. The van der Waals surface area contributed by atoms with Gasteiger partial charge in [0.1, 0.15) is 5.82 Å². The third-order valence-corrected chi connectivity index (χ3v) is 4.85. The van der Waals surface area contributed by atoms with Crippen molar-refractivity contribution in [3.63, 3.8) is 0 Å². The standard InChI is InChI=1S/C14H11BrFNO3S/c1-7-5-11(21-12(7)15)13(18)17-10-6-8(16)3-4-9(10)14(19)20-2/h3-6H,1-2H3,(H,17,18). The highest BCUT2D eigenvalue weighted by Crippen LogP contribution is 2.28. The normalized spacial score (nSPS) is 10.3. The predicted molar refractivity (Wildman–Crippen MR) is 82.4 cm³/mol. The smallest absolute Gasteiger partial charge is 0.339 e. The molecule has 0 aliphatic rings. The van der Waals surface area contributed by atoms with Gasteiger partial charge in [0.2, 0.25) is 0 Å². The van der Waals surface area contributed by atoms with Crippen molar-refractivity contribution in [1.29, 1.82) is 0 Å². The zero-order valence-electron chi connectivity index (χ0n) is 11.2. The zero-order valence-corrected chi connectivity index (χ0v) is 13.6. The largest absolute Gasteiger partial charge is 0.465 e. The van der Waals surface area contributed by atoms with E-state index < -0.39 is 17.7 Å². The van der Waals surface area contributed by atoms with E-state index in [1.165, 1.54) is 24.5 Å². The first-order chi connectivity index (χ1) is 9.92. The Morgan fingerprint density at radius 3 is 2.62 bits per heavy atom. The van der Waals surface area contributed by atoms with Crippen molar-refractivity contribution in [2.24, 2.45) is 0 Å². The molecule has 0 bridgehead atoms. The predicted octanol–water partition coefficient (Wildman–Crippen LogP) is 4.00. The molecule has 0 saturated carbocycles. The fourth-order valence-electron chi connectivity index (χ4n) is 1.66. The summed E-state index contributed by atoms with van der Waals surface area (Å²) < 4.78 is 18.8. The second kappa shape index (κ2) is 6.36. The first kappa shape index (κ1) is 15.7. The van der Waals surface area contributed by atoms with Crippen LogP contribution in [-0.4, -0.2) is 19.0 Å². The molecule has 7 heteroatoms. The molecular formula is C14H11BrFNO3S. The van der Waals surface area contributed by atoms with Crippen molar-refractivity contribution in [3.05, 3.63) is 49.9 Å². The number of hydrogen-bond donors (Lipinski definition) is 1. The monoisotopic (exact) mass is 371 g/mol. The number of halogens is 2. The molecule has 0 radical (unpaired) electrons. The van der Waals surface area contributed by atoms with E-state index in [0.717, 1.165) is 21.5 Å². The van der Waals surface area contributed by atoms with Crippen LogP contribution in [0.5, 0.6) is 0 Å². The average molecular weight is 372 g/mol. The molecule has 110 valence electrons. The quantitative estimate of drug-likeness (QED) is 0.829. The van der Waals surface area contributed by atoms with Crippen molar-refractivity contribution < 1.29 is 18.7 Å². The molecule has 0 aliphatic heterocycles. The van der Waals surface area contributed by atoms with Gasteiger partial charge in [0.05, 0.1) is 27.0 Å². The highest BCUT2D eigenvalue weighted by Gasteiger charge is 2.17. The maximum atomic E-state index is 13.3. The van der Waals surface area contributed by atoms with Crippen LogP contribution in [0.15, 0.2) is 28.1 Å². The molecule has 21 heavy (non-hydrogen) atoms. The van der Waals surface area contributed by atoms with E-state index in [-0.39, 0.29) is 11.3 Å². The minimum Gasteiger partial charge on any atom is -0.465 e. The second-order valence-electron chi connectivity index (χ2n) is 4.20. The third-order valence-electron chi connectivity index (χ3n) is 2.72. The summed E-state index contributed by atoms with van der Waals surface area (Å²) in [6.07, 6.45) is 0. The molecule has 1 amide bonds. The minimum absolute atomic E-state index is 0.0778. The van der Waals surface area contributed by atoms with Crippen molar-refractivity contribution in [2.45, 2.75) is 6.92 Å². The number of methoxy groups -OCH3 is 1. The number of ether oxygens (including phenoxy) is 1. The lowest BCUT2D eigenvalue weighted by molar-refractivity contribution is 0.0602. The lowest BCUT2D eigenvalue weighted by atomic mass is 10.1. The average Bonchev–Trinajstić information content (AvgIpc) is 2.78. The van der Waals surface area contributed by atoms with Crippen molar-refractivity contribution in [2.75, 3.05) is 12.4 Å². The van der Waals surface area contributed by atoms with E-state index in [0.29, 0.717) is 4.88 Å². The highest BCUT2D eigenvalue weighted by atomic mass is 79.9. The Hall–Kier alpha value is -1.73. The number of carbonyl (C=O) groups is 2. The van der Waals surface area contributed by atoms with Gasteiger partial charge in [-0.25, -0.2) is 9.18 Å². The van der Waals surface area contributed by atoms with Gasteiger partial charge < -0.3 is 10.1 Å². The molecule has 1 N–H and O–H groups in total. The summed E-state index contributed by atoms with van der Waals surface area (Å²) in [5, 5.41) is 2.53. The molecule has 1 aromatic heterocycles. The zero-order chi connectivity index (χ0) is 15.6. The Balaban J connectivity index is 2.32. The Bertz CT molecular complexity index is 695. The van der Waals surface area contributed by atoms with Crippen LogP contribution in [0.2, 0.25) is 0 Å². The molecule has 2 rings (SSSR count). The Labute approximate surface area is 133 Å². The van der Waals surface area contributed by atoms with Gasteiger partial charge >= 0.3 is 5.97 Å². The summed E-state index contributed by atoms with van der Waals surface area (Å²) in [6, 6.07) is 5.20. The van der Waals surface area contributed by atoms with Gasteiger partial charge in [0.15, 0.2) is 0 Å². The summed E-state index contributed by atoms with van der Waals surface area (Å²) in [6.45, 7) is 1.86. The van der Waals surface area contributed by atoms with Crippen LogP contribution in [0, 0.1) is 12.7 Å². The molecular weight excluding hydrogens is 361 g/mol. The fourth-order valence-corrected chi connectivity index (χ4v) is 3.09. The number of esters is 1. The van der Waals surface area contributed by atoms with Crippen LogP contribution >= 0.6 is 27.3 Å². The van der Waals surface area contributed by atoms with E-state index in [4.69, 9.17) is 0 Å². The lowest BCUT2D eigenvalue weighted by Gasteiger charge is -2.09. The third kappa shape index (κ3) is 3.48. The van der Waals surface area contributed by atoms with E-state index in [1.807, 2.05) is 6.92 Å². The summed E-state index contributed by atoms with van der Waals surface area (Å²) in [5.41, 5.74) is 1.10. The Kier molecular flexibility index (Phi) is 4.74. The number of nitrogens with one attached hydrogen (secondary N) is 1. The summed E-state index contributed by atoms with van der Waals surface area (Å²) in [5.74, 6) is -1.61. The molecule has 0 fully saturated rings. The molecule has 1 aromatic carbocycles. The lowest BCUT2D eigenvalue weighted by Crippen LogP contribution is -2.14. The molecule has 4 nitrogen and oxygen atoms in total. The number of rotatable bonds is 3. The highest BCUT2D eigenvalue weighted by molar-refractivity contribution is 9.11. The summed E-state index contributed by atoms with van der Waals surface area (Å²) in [7, 11) is 1.22. The number of benzene rings is 1. The molecule has 0 aliphatic carbocycles. The van der Waals surface area contributed by atoms with Crippen LogP contribution in [0.3, 0.4) is 0 Å². The molecule has 0 unspecified atom stereocenters. The van der Waals surface area contributed by atoms with E-state index in [2.05, 4.69) is 26.0 Å². The number of hydrogen-bond acceptors (Lipinski definition) is 4. The van der Waals surface area contributed by atoms with Crippen LogP contribution in [-0.2, 0) is 4.74 Å². The van der Waals surface area contributed by atoms with Crippen LogP contribution in [0.25, 0.3) is 0 Å². The van der Waals surface area contributed by atoms with Gasteiger partial charge in [0, 0.05) is 0 Å². The minimum atomic E-state index is -0.645. The summed E-state index contributed by atoms with van der Waals surface area (Å²) >= 11 is 4.60. The van der Waals surface area contributed by atoms with Gasteiger partial charge in [-0.3, -0.25) is 4.79 Å². The number of thiophene rings is 1. The van der Waals surface area contributed by atoms with E-state index in [9.17, 15) is 14.0 Å². The Morgan fingerprint density at radius 2 is 2.05 bits per heavy atom. The number of amides is 1. The molecule has 0 atom stereocenters. The molecule has 0 spiro atoms. The fraction of sp³-hybridized carbons (Fsp3) is 0.143. The maximum absolute atomic E-state index is 13.3. The molecule has 0 saturated heterocycles. The van der Waals surface area contributed by atoms with Crippen LogP contribution in [0.4, 0.5) is 10.1 Å². The first-order valence-corrected chi connectivity index (χ1v) is 7.48. The SMILES string of the molecule is COC(=O)c1ccc(F)cc1NC(=O)c1cc(C)c(Br)s1. The van der Waals surface area contributed by atoms with Gasteiger partial charge in [-0.2, -0.15) is 0 Å². The number of anilines is 1. The maximum Gasteiger partial charge on any atom is 0.339 e. The molecule has 2 aromatic rings.